The number of rotatable bonds is 4. The van der Waals surface area contributed by atoms with E-state index >= 15 is 0 Å². The normalized spacial score (nSPS) is 18.0. The van der Waals surface area contributed by atoms with E-state index < -0.39 is 18.3 Å². The monoisotopic (exact) mass is 372 g/mol. The number of halogens is 1. The van der Waals surface area contributed by atoms with Crippen LogP contribution >= 0.6 is 11.6 Å². The molecule has 0 unspecified atom stereocenters. The van der Waals surface area contributed by atoms with Crippen molar-refractivity contribution >= 4 is 30.0 Å². The summed E-state index contributed by atoms with van der Waals surface area (Å²) in [4.78, 5) is 12.9. The number of ether oxygens (including phenoxy) is 1. The van der Waals surface area contributed by atoms with Crippen molar-refractivity contribution < 1.29 is 18.8 Å². The van der Waals surface area contributed by atoms with Crippen LogP contribution in [-0.2, 0) is 9.31 Å². The maximum Gasteiger partial charge on any atom is 0.496 e. The van der Waals surface area contributed by atoms with Gasteiger partial charge in [-0.2, -0.15) is 0 Å². The number of hydrogen-bond acceptors (Lipinski definition) is 4. The lowest BCUT2D eigenvalue weighted by molar-refractivity contribution is 0.00578. The fraction of sp³-hybridized carbons (Fsp3) is 0.350. The minimum absolute atomic E-state index is 0.113. The van der Waals surface area contributed by atoms with Crippen LogP contribution in [0, 0.1) is 0 Å². The van der Waals surface area contributed by atoms with Gasteiger partial charge < -0.3 is 14.0 Å². The van der Waals surface area contributed by atoms with Gasteiger partial charge in [0.25, 0.3) is 0 Å². The second-order valence-corrected chi connectivity index (χ2v) is 7.74. The van der Waals surface area contributed by atoms with Crippen molar-refractivity contribution in [2.24, 2.45) is 0 Å². The third-order valence-electron chi connectivity index (χ3n) is 5.09. The molecule has 0 N–H and O–H groups in total. The summed E-state index contributed by atoms with van der Waals surface area (Å²) in [7, 11) is 0.844. The van der Waals surface area contributed by atoms with Crippen molar-refractivity contribution in [1.29, 1.82) is 0 Å². The minimum atomic E-state index is -0.676. The first-order valence-electron chi connectivity index (χ1n) is 8.49. The maximum absolute atomic E-state index is 12.9. The lowest BCUT2D eigenvalue weighted by Crippen LogP contribution is -2.41. The molecule has 0 spiro atoms. The van der Waals surface area contributed by atoms with E-state index in [-0.39, 0.29) is 5.78 Å². The Hall–Kier alpha value is -1.82. The molecule has 0 aromatic heterocycles. The van der Waals surface area contributed by atoms with E-state index in [2.05, 4.69) is 0 Å². The van der Waals surface area contributed by atoms with Crippen LogP contribution in [0.25, 0.3) is 0 Å². The van der Waals surface area contributed by atoms with Gasteiger partial charge in [0.15, 0.2) is 5.78 Å². The van der Waals surface area contributed by atoms with Gasteiger partial charge in [0.1, 0.15) is 5.75 Å². The molecule has 1 heterocycles. The SMILES string of the molecule is COc1cc(C(=O)c2ccccc2)cc(B2OC(C)(C)C(C)(C)O2)c1Cl. The van der Waals surface area contributed by atoms with E-state index in [9.17, 15) is 4.79 Å². The topological polar surface area (TPSA) is 44.8 Å². The number of benzene rings is 2. The molecular formula is C20H22BClO4. The molecule has 0 aliphatic carbocycles. The summed E-state index contributed by atoms with van der Waals surface area (Å²) in [5.41, 5.74) is 0.643. The molecule has 1 aliphatic rings. The van der Waals surface area contributed by atoms with E-state index in [1.807, 2.05) is 45.9 Å². The Morgan fingerprint density at radius 2 is 1.58 bits per heavy atom. The molecule has 1 aliphatic heterocycles. The van der Waals surface area contributed by atoms with E-state index in [4.69, 9.17) is 25.6 Å². The van der Waals surface area contributed by atoms with Crippen LogP contribution in [0.5, 0.6) is 5.75 Å². The number of methoxy groups -OCH3 is 1. The van der Waals surface area contributed by atoms with E-state index in [1.165, 1.54) is 7.11 Å². The summed E-state index contributed by atoms with van der Waals surface area (Å²) >= 11 is 6.50. The van der Waals surface area contributed by atoms with Gasteiger partial charge in [-0.05, 0) is 39.8 Å². The summed E-state index contributed by atoms with van der Waals surface area (Å²) in [6, 6.07) is 12.4. The molecule has 0 bridgehead atoms. The summed E-state index contributed by atoms with van der Waals surface area (Å²) in [6.45, 7) is 7.88. The molecule has 3 rings (SSSR count). The fourth-order valence-corrected chi connectivity index (χ4v) is 3.07. The second kappa shape index (κ2) is 6.73. The zero-order chi connectivity index (χ0) is 19.1. The molecule has 0 saturated carbocycles. The van der Waals surface area contributed by atoms with Crippen LogP contribution < -0.4 is 10.2 Å². The van der Waals surface area contributed by atoms with E-state index in [1.54, 1.807) is 24.3 Å². The number of hydrogen-bond donors (Lipinski definition) is 0. The highest BCUT2D eigenvalue weighted by Crippen LogP contribution is 2.38. The van der Waals surface area contributed by atoms with Crippen molar-refractivity contribution in [3.8, 4) is 5.75 Å². The summed E-state index contributed by atoms with van der Waals surface area (Å²) in [5, 5.41) is 0.385. The van der Waals surface area contributed by atoms with E-state index in [0.717, 1.165) is 0 Å². The number of carbonyl (C=O) groups is 1. The van der Waals surface area contributed by atoms with Gasteiger partial charge in [-0.25, -0.2) is 0 Å². The minimum Gasteiger partial charge on any atom is -0.495 e. The molecule has 136 valence electrons. The second-order valence-electron chi connectivity index (χ2n) is 7.37. The van der Waals surface area contributed by atoms with Crippen LogP contribution in [0.1, 0.15) is 43.6 Å². The van der Waals surface area contributed by atoms with Crippen LogP contribution in [0.4, 0.5) is 0 Å². The number of ketones is 1. The Bertz CT molecular complexity index is 817. The van der Waals surface area contributed by atoms with Crippen molar-refractivity contribution in [3.05, 3.63) is 58.6 Å². The van der Waals surface area contributed by atoms with Gasteiger partial charge in [-0.1, -0.05) is 41.9 Å². The molecular weight excluding hydrogens is 350 g/mol. The van der Waals surface area contributed by atoms with Crippen LogP contribution in [-0.4, -0.2) is 31.2 Å². The van der Waals surface area contributed by atoms with E-state index in [0.29, 0.717) is 27.4 Å². The first-order valence-corrected chi connectivity index (χ1v) is 8.87. The maximum atomic E-state index is 12.9. The zero-order valence-electron chi connectivity index (χ0n) is 15.6. The molecule has 0 atom stereocenters. The third-order valence-corrected chi connectivity index (χ3v) is 5.50. The Labute approximate surface area is 159 Å². The van der Waals surface area contributed by atoms with Crippen molar-refractivity contribution in [1.82, 2.24) is 0 Å². The molecule has 1 fully saturated rings. The van der Waals surface area contributed by atoms with Gasteiger partial charge >= 0.3 is 7.12 Å². The van der Waals surface area contributed by atoms with Gasteiger partial charge in [0.2, 0.25) is 0 Å². The highest BCUT2D eigenvalue weighted by atomic mass is 35.5. The highest BCUT2D eigenvalue weighted by molar-refractivity contribution is 6.66. The molecule has 0 amide bonds. The summed E-state index contributed by atoms with van der Waals surface area (Å²) in [5.74, 6) is 0.302. The average Bonchev–Trinajstić information content (AvgIpc) is 2.82. The lowest BCUT2D eigenvalue weighted by atomic mass is 9.77. The third kappa shape index (κ3) is 3.27. The molecule has 2 aromatic rings. The molecule has 26 heavy (non-hydrogen) atoms. The molecule has 2 aromatic carbocycles. The predicted molar refractivity (Wildman–Crippen MR) is 104 cm³/mol. The summed E-state index contributed by atoms with van der Waals surface area (Å²) in [6.07, 6.45) is 0. The van der Waals surface area contributed by atoms with Crippen LogP contribution in [0.3, 0.4) is 0 Å². The van der Waals surface area contributed by atoms with Crippen LogP contribution in [0.2, 0.25) is 5.02 Å². The lowest BCUT2D eigenvalue weighted by Gasteiger charge is -2.32. The van der Waals surface area contributed by atoms with Gasteiger partial charge in [-0.3, -0.25) is 4.79 Å². The summed E-state index contributed by atoms with van der Waals surface area (Å²) < 4.78 is 17.6. The molecule has 4 nitrogen and oxygen atoms in total. The quantitative estimate of drug-likeness (QED) is 0.603. The molecule has 1 saturated heterocycles. The average molecular weight is 373 g/mol. The molecule has 6 heteroatoms. The van der Waals surface area contributed by atoms with Crippen LogP contribution in [0.15, 0.2) is 42.5 Å². The van der Waals surface area contributed by atoms with Crippen molar-refractivity contribution in [3.63, 3.8) is 0 Å². The Morgan fingerprint density at radius 1 is 1.00 bits per heavy atom. The zero-order valence-corrected chi connectivity index (χ0v) is 16.4. The number of carbonyl (C=O) groups excluding carboxylic acids is 1. The smallest absolute Gasteiger partial charge is 0.495 e. The van der Waals surface area contributed by atoms with Gasteiger partial charge in [0.05, 0.1) is 23.3 Å². The van der Waals surface area contributed by atoms with Gasteiger partial charge in [0, 0.05) is 16.6 Å². The predicted octanol–water partition coefficient (Wildman–Crippen LogP) is 3.88. The highest BCUT2D eigenvalue weighted by Gasteiger charge is 2.52. The Kier molecular flexibility index (Phi) is 4.91. The molecule has 0 radical (unpaired) electrons. The Balaban J connectivity index is 2.05. The van der Waals surface area contributed by atoms with Gasteiger partial charge in [-0.15, -0.1) is 0 Å². The van der Waals surface area contributed by atoms with Crippen molar-refractivity contribution in [2.45, 2.75) is 38.9 Å². The first kappa shape index (κ1) is 19.0. The standard InChI is InChI=1S/C20H22BClO4/c1-19(2)20(3,4)26-21(25-19)15-11-14(12-16(24-5)17(15)22)18(23)13-9-7-6-8-10-13/h6-12H,1-5H3. The Morgan fingerprint density at radius 3 is 2.12 bits per heavy atom. The van der Waals surface area contributed by atoms with Crippen molar-refractivity contribution in [2.75, 3.05) is 7.11 Å². The largest absolute Gasteiger partial charge is 0.496 e. The fourth-order valence-electron chi connectivity index (χ4n) is 2.80. The first-order chi connectivity index (χ1) is 12.2.